The van der Waals surface area contributed by atoms with Crippen LogP contribution in [0.4, 0.5) is 22.0 Å². The molecule has 1 saturated carbocycles. The zero-order valence-electron chi connectivity index (χ0n) is 16.7. The fourth-order valence-corrected chi connectivity index (χ4v) is 5.33. The number of piperidine rings is 1. The number of alkyl halides is 4. The number of hydrogen-bond donors (Lipinski definition) is 1. The molecule has 1 saturated heterocycles. The molecular weight excluding hydrogens is 403 g/mol. The molecule has 9 heteroatoms. The van der Waals surface area contributed by atoms with Gasteiger partial charge in [0, 0.05) is 50.2 Å². The maximum Gasteiger partial charge on any atom is 0.396 e. The van der Waals surface area contributed by atoms with Crippen molar-refractivity contribution in [1.82, 2.24) is 15.3 Å². The summed E-state index contributed by atoms with van der Waals surface area (Å²) in [5.74, 6) is 0.283. The van der Waals surface area contributed by atoms with Crippen LogP contribution in [0.1, 0.15) is 32.1 Å². The maximum absolute atomic E-state index is 14.3. The number of rotatable bonds is 3. The molecular formula is C21H25F5N4. The minimum atomic E-state index is -4.23. The highest BCUT2D eigenvalue weighted by Crippen LogP contribution is 2.61. The van der Waals surface area contributed by atoms with Crippen LogP contribution in [0.5, 0.6) is 0 Å². The predicted molar refractivity (Wildman–Crippen MR) is 103 cm³/mol. The van der Waals surface area contributed by atoms with E-state index in [0.29, 0.717) is 25.9 Å². The van der Waals surface area contributed by atoms with E-state index in [1.54, 1.807) is 18.1 Å². The number of hydrogen-bond acceptors (Lipinski definition) is 4. The van der Waals surface area contributed by atoms with Gasteiger partial charge in [-0.3, -0.25) is 10.0 Å². The summed E-state index contributed by atoms with van der Waals surface area (Å²) in [6.07, 6.45) is 0.607. The summed E-state index contributed by atoms with van der Waals surface area (Å²) in [6, 6.07) is -1.24. The quantitative estimate of drug-likeness (QED) is 0.689. The molecule has 164 valence electrons. The summed E-state index contributed by atoms with van der Waals surface area (Å²) in [5, 5.41) is 1.68. The third-order valence-corrected chi connectivity index (χ3v) is 7.22. The Morgan fingerprint density at radius 2 is 2.03 bits per heavy atom. The molecule has 5 rings (SSSR count). The zero-order valence-corrected chi connectivity index (χ0v) is 16.7. The average Bonchev–Trinajstić information content (AvgIpc) is 3.26. The van der Waals surface area contributed by atoms with Crippen LogP contribution in [-0.2, 0) is 0 Å². The van der Waals surface area contributed by atoms with E-state index in [9.17, 15) is 22.0 Å². The second kappa shape index (κ2) is 6.80. The average molecular weight is 428 g/mol. The van der Waals surface area contributed by atoms with E-state index in [0.717, 1.165) is 11.5 Å². The third-order valence-electron chi connectivity index (χ3n) is 7.22. The molecule has 4 unspecified atom stereocenters. The fraction of sp³-hybridized carbons (Fsp3) is 0.667. The first-order chi connectivity index (χ1) is 14.2. The molecule has 4 atom stereocenters. The smallest absolute Gasteiger partial charge is 0.356 e. The number of aliphatic imine (C=N–C) groups is 1. The lowest BCUT2D eigenvalue weighted by Crippen LogP contribution is -2.47. The molecule has 0 bridgehead atoms. The standard InChI is InChI=1S/C21H25F5N4/c1-29-18(10-17(28-29)20(6-7-20)21(24,25)26)30-8-5-15-12(11-30)9-16(27-15)19-13(22)3-2-4-14(19)23/h2-3,10,12,14,16-17,28H,4-9,11H2,1H3. The van der Waals surface area contributed by atoms with Crippen LogP contribution in [0.3, 0.4) is 0 Å². The SMILES string of the molecule is CN1NC(C2(C(F)(F)F)CC2)C=C1N1CCC2=NC(C3=C(F)C=CCC3F)CC2C1. The third kappa shape index (κ3) is 3.08. The molecule has 0 amide bonds. The van der Waals surface area contributed by atoms with Crippen LogP contribution in [0.2, 0.25) is 0 Å². The highest BCUT2D eigenvalue weighted by molar-refractivity contribution is 5.90. The predicted octanol–water partition coefficient (Wildman–Crippen LogP) is 4.05. The van der Waals surface area contributed by atoms with E-state index in [1.165, 1.54) is 12.2 Å². The van der Waals surface area contributed by atoms with Crippen LogP contribution < -0.4 is 5.43 Å². The lowest BCUT2D eigenvalue weighted by molar-refractivity contribution is -0.193. The fourth-order valence-electron chi connectivity index (χ4n) is 5.33. The number of nitrogens with zero attached hydrogens (tertiary/aromatic N) is 3. The van der Waals surface area contributed by atoms with Gasteiger partial charge in [-0.05, 0) is 31.4 Å². The van der Waals surface area contributed by atoms with E-state index in [-0.39, 0.29) is 30.8 Å². The minimum Gasteiger partial charge on any atom is -0.356 e. The Morgan fingerprint density at radius 1 is 1.27 bits per heavy atom. The molecule has 5 aliphatic rings. The Hall–Kier alpha value is -1.90. The van der Waals surface area contributed by atoms with Crippen LogP contribution in [-0.4, -0.2) is 60.2 Å². The van der Waals surface area contributed by atoms with Crippen molar-refractivity contribution >= 4 is 5.71 Å². The summed E-state index contributed by atoms with van der Waals surface area (Å²) in [4.78, 5) is 6.71. The first-order valence-corrected chi connectivity index (χ1v) is 10.5. The van der Waals surface area contributed by atoms with Crippen molar-refractivity contribution < 1.29 is 22.0 Å². The molecule has 1 N–H and O–H groups in total. The van der Waals surface area contributed by atoms with Crippen LogP contribution >= 0.6 is 0 Å². The van der Waals surface area contributed by atoms with Crippen LogP contribution in [0, 0.1) is 11.3 Å². The van der Waals surface area contributed by atoms with E-state index in [1.807, 2.05) is 0 Å². The number of halogens is 5. The van der Waals surface area contributed by atoms with Gasteiger partial charge < -0.3 is 4.90 Å². The molecule has 0 radical (unpaired) electrons. The van der Waals surface area contributed by atoms with Crippen molar-refractivity contribution in [2.24, 2.45) is 16.3 Å². The van der Waals surface area contributed by atoms with Gasteiger partial charge in [-0.2, -0.15) is 13.2 Å². The summed E-state index contributed by atoms with van der Waals surface area (Å²) in [6.45, 7) is 1.23. The summed E-state index contributed by atoms with van der Waals surface area (Å²) >= 11 is 0. The maximum atomic E-state index is 14.3. The Bertz CT molecular complexity index is 854. The Labute approximate surface area is 172 Å². The van der Waals surface area contributed by atoms with E-state index in [2.05, 4.69) is 15.3 Å². The molecule has 3 heterocycles. The van der Waals surface area contributed by atoms with Gasteiger partial charge in [-0.1, -0.05) is 6.08 Å². The van der Waals surface area contributed by atoms with Gasteiger partial charge in [0.05, 0.1) is 17.5 Å². The lowest BCUT2D eigenvalue weighted by atomic mass is 9.88. The van der Waals surface area contributed by atoms with Gasteiger partial charge in [0.25, 0.3) is 0 Å². The van der Waals surface area contributed by atoms with Crippen molar-refractivity contribution in [3.05, 3.63) is 35.4 Å². The van der Waals surface area contributed by atoms with E-state index in [4.69, 9.17) is 0 Å². The molecule has 0 aromatic rings. The monoisotopic (exact) mass is 428 g/mol. The zero-order chi connectivity index (χ0) is 21.3. The summed E-state index contributed by atoms with van der Waals surface area (Å²) < 4.78 is 69.1. The topological polar surface area (TPSA) is 30.9 Å². The molecule has 4 nitrogen and oxygen atoms in total. The Balaban J connectivity index is 1.31. The molecule has 2 fully saturated rings. The largest absolute Gasteiger partial charge is 0.396 e. The normalized spacial score (nSPS) is 35.5. The van der Waals surface area contributed by atoms with Crippen molar-refractivity contribution in [2.45, 2.75) is 56.5 Å². The van der Waals surface area contributed by atoms with Crippen molar-refractivity contribution in [2.75, 3.05) is 20.1 Å². The minimum absolute atomic E-state index is 0.0630. The molecule has 0 aromatic carbocycles. The van der Waals surface area contributed by atoms with E-state index >= 15 is 0 Å². The molecule has 0 spiro atoms. The van der Waals surface area contributed by atoms with Crippen molar-refractivity contribution in [1.29, 1.82) is 0 Å². The number of likely N-dealkylation sites (tertiary alicyclic amines) is 1. The van der Waals surface area contributed by atoms with Crippen molar-refractivity contribution in [3.63, 3.8) is 0 Å². The number of fused-ring (bicyclic) bond motifs is 1. The second-order valence-electron chi connectivity index (χ2n) is 9.02. The lowest BCUT2D eigenvalue weighted by Gasteiger charge is -2.36. The van der Waals surface area contributed by atoms with Crippen LogP contribution in [0.15, 0.2) is 40.4 Å². The second-order valence-corrected chi connectivity index (χ2v) is 9.02. The number of hydrazine groups is 1. The van der Waals surface area contributed by atoms with Crippen molar-refractivity contribution in [3.8, 4) is 0 Å². The highest BCUT2D eigenvalue weighted by Gasteiger charge is 2.67. The highest BCUT2D eigenvalue weighted by atomic mass is 19.4. The Morgan fingerprint density at radius 3 is 2.70 bits per heavy atom. The van der Waals surface area contributed by atoms with Gasteiger partial charge in [-0.15, -0.1) is 0 Å². The van der Waals surface area contributed by atoms with Gasteiger partial charge in [0.1, 0.15) is 17.8 Å². The first-order valence-electron chi connectivity index (χ1n) is 10.5. The summed E-state index contributed by atoms with van der Waals surface area (Å²) in [5.41, 5.74) is 2.42. The summed E-state index contributed by atoms with van der Waals surface area (Å²) in [7, 11) is 1.74. The van der Waals surface area contributed by atoms with Gasteiger partial charge in [-0.25, -0.2) is 14.2 Å². The Kier molecular flexibility index (Phi) is 4.54. The molecule has 30 heavy (non-hydrogen) atoms. The van der Waals surface area contributed by atoms with Gasteiger partial charge >= 0.3 is 6.18 Å². The molecule has 3 aliphatic heterocycles. The van der Waals surface area contributed by atoms with Gasteiger partial charge in [0.2, 0.25) is 0 Å². The van der Waals surface area contributed by atoms with E-state index < -0.39 is 35.7 Å². The van der Waals surface area contributed by atoms with Gasteiger partial charge in [0.15, 0.2) is 0 Å². The number of nitrogens with one attached hydrogen (secondary N) is 1. The molecule has 0 aromatic heterocycles. The molecule has 2 aliphatic carbocycles. The number of allylic oxidation sites excluding steroid dienone is 3. The first kappa shape index (κ1) is 20.0. The van der Waals surface area contributed by atoms with Crippen LogP contribution in [0.25, 0.3) is 0 Å².